The Bertz CT molecular complexity index is 967. The minimum absolute atomic E-state index is 0.000512. The van der Waals surface area contributed by atoms with Crippen molar-refractivity contribution in [3.05, 3.63) is 41.5 Å². The summed E-state index contributed by atoms with van der Waals surface area (Å²) in [5.41, 5.74) is 0.0747. The largest absolute Gasteiger partial charge is 0.434 e. The van der Waals surface area contributed by atoms with Gasteiger partial charge in [-0.25, -0.2) is 0 Å². The number of carbonyl (C=O) groups excluding carboxylic acids is 2. The predicted octanol–water partition coefficient (Wildman–Crippen LogP) is 3.24. The lowest BCUT2D eigenvalue weighted by molar-refractivity contribution is -0.138. The molecule has 2 saturated heterocycles. The van der Waals surface area contributed by atoms with Gasteiger partial charge in [0.25, 0.3) is 5.91 Å². The smallest absolute Gasteiger partial charge is 0.387 e. The van der Waals surface area contributed by atoms with Crippen LogP contribution in [0.1, 0.15) is 53.7 Å². The highest BCUT2D eigenvalue weighted by atomic mass is 19.3. The Morgan fingerprint density at radius 1 is 1.12 bits per heavy atom. The fourth-order valence-electron chi connectivity index (χ4n) is 4.49. The number of aryl methyl sites for hydroxylation is 1. The first-order chi connectivity index (χ1) is 15.4. The molecule has 4 rings (SSSR count). The fraction of sp³-hybridized carbons (Fsp3) is 0.545. The molecule has 10 heteroatoms. The number of ether oxygens (including phenoxy) is 1. The number of halogens is 2. The zero-order valence-corrected chi connectivity index (χ0v) is 17.9. The van der Waals surface area contributed by atoms with Crippen LogP contribution in [-0.4, -0.2) is 64.5 Å². The maximum absolute atomic E-state index is 13.2. The van der Waals surface area contributed by atoms with E-state index in [-0.39, 0.29) is 35.6 Å². The van der Waals surface area contributed by atoms with Gasteiger partial charge in [0.2, 0.25) is 11.8 Å². The zero-order valence-electron chi connectivity index (χ0n) is 17.9. The zero-order chi connectivity index (χ0) is 22.7. The maximum Gasteiger partial charge on any atom is 0.387 e. The minimum atomic E-state index is -3.02. The van der Waals surface area contributed by atoms with Crippen molar-refractivity contribution in [3.8, 4) is 5.75 Å². The number of benzene rings is 1. The molecule has 2 aliphatic rings. The first kappa shape index (κ1) is 22.2. The summed E-state index contributed by atoms with van der Waals surface area (Å²) in [4.78, 5) is 34.0. The number of likely N-dealkylation sites (tertiary alicyclic amines) is 2. The summed E-state index contributed by atoms with van der Waals surface area (Å²) in [6, 6.07) is 5.95. The van der Waals surface area contributed by atoms with E-state index in [4.69, 9.17) is 4.52 Å². The number of rotatable bonds is 5. The van der Waals surface area contributed by atoms with Gasteiger partial charge in [0.15, 0.2) is 5.82 Å². The van der Waals surface area contributed by atoms with Gasteiger partial charge in [-0.05, 0) is 44.7 Å². The van der Waals surface area contributed by atoms with Crippen molar-refractivity contribution in [2.75, 3.05) is 26.2 Å². The molecule has 2 aliphatic heterocycles. The monoisotopic (exact) mass is 448 g/mol. The average molecular weight is 448 g/mol. The van der Waals surface area contributed by atoms with Crippen molar-refractivity contribution in [2.24, 2.45) is 5.92 Å². The highest BCUT2D eigenvalue weighted by Gasteiger charge is 2.35. The van der Waals surface area contributed by atoms with Crippen molar-refractivity contribution >= 4 is 11.8 Å². The Hall–Kier alpha value is -3.04. The Balaban J connectivity index is 1.42. The van der Waals surface area contributed by atoms with E-state index in [0.29, 0.717) is 44.2 Å². The number of hydrogen-bond acceptors (Lipinski definition) is 6. The van der Waals surface area contributed by atoms with E-state index in [0.717, 1.165) is 12.8 Å². The minimum Gasteiger partial charge on any atom is -0.434 e. The lowest BCUT2D eigenvalue weighted by Crippen LogP contribution is -2.49. The Morgan fingerprint density at radius 2 is 1.88 bits per heavy atom. The summed E-state index contributed by atoms with van der Waals surface area (Å²) < 4.78 is 35.2. The van der Waals surface area contributed by atoms with Crippen LogP contribution in [0, 0.1) is 12.8 Å². The van der Waals surface area contributed by atoms with Crippen molar-refractivity contribution in [2.45, 2.75) is 45.1 Å². The van der Waals surface area contributed by atoms with Crippen LogP contribution < -0.4 is 4.74 Å². The summed E-state index contributed by atoms with van der Waals surface area (Å²) in [6.07, 6.45) is 3.06. The second-order valence-electron chi connectivity index (χ2n) is 8.27. The van der Waals surface area contributed by atoms with Gasteiger partial charge in [-0.1, -0.05) is 17.3 Å². The molecule has 0 spiro atoms. The quantitative estimate of drug-likeness (QED) is 0.698. The normalized spacial score (nSPS) is 21.6. The van der Waals surface area contributed by atoms with Crippen LogP contribution >= 0.6 is 0 Å². The molecule has 2 amide bonds. The van der Waals surface area contributed by atoms with Crippen LogP contribution in [0.15, 0.2) is 28.8 Å². The van der Waals surface area contributed by atoms with Gasteiger partial charge in [-0.3, -0.25) is 9.59 Å². The third-order valence-electron chi connectivity index (χ3n) is 6.02. The van der Waals surface area contributed by atoms with E-state index in [1.807, 2.05) is 4.90 Å². The van der Waals surface area contributed by atoms with E-state index in [1.54, 1.807) is 17.9 Å². The van der Waals surface area contributed by atoms with Gasteiger partial charge < -0.3 is 19.1 Å². The van der Waals surface area contributed by atoms with Gasteiger partial charge in [0, 0.05) is 26.2 Å². The first-order valence-corrected chi connectivity index (χ1v) is 10.8. The van der Waals surface area contributed by atoms with Crippen LogP contribution in [-0.2, 0) is 4.79 Å². The van der Waals surface area contributed by atoms with E-state index >= 15 is 0 Å². The molecule has 2 aromatic rings. The highest BCUT2D eigenvalue weighted by molar-refractivity contribution is 5.97. The molecule has 0 unspecified atom stereocenters. The molecule has 1 aromatic carbocycles. The molecule has 32 heavy (non-hydrogen) atoms. The molecule has 0 saturated carbocycles. The molecular formula is C22H26F2N4O4. The average Bonchev–Trinajstić information content (AvgIpc) is 3.24. The molecule has 2 fully saturated rings. The summed E-state index contributed by atoms with van der Waals surface area (Å²) in [5.74, 6) is 0.233. The molecule has 0 N–H and O–H groups in total. The van der Waals surface area contributed by atoms with Gasteiger partial charge in [-0.15, -0.1) is 0 Å². The van der Waals surface area contributed by atoms with Crippen molar-refractivity contribution in [1.29, 1.82) is 0 Å². The van der Waals surface area contributed by atoms with Crippen LogP contribution in [0.5, 0.6) is 5.75 Å². The SMILES string of the molecule is Cc1noc([C@H]2CCCN(C(=O)[C@H]3CCCN(C(=O)c4ccccc4OC(F)F)C3)C2)n1. The molecule has 0 aliphatic carbocycles. The number of amides is 2. The first-order valence-electron chi connectivity index (χ1n) is 10.8. The molecule has 8 nitrogen and oxygen atoms in total. The van der Waals surface area contributed by atoms with Crippen LogP contribution in [0.3, 0.4) is 0 Å². The lowest BCUT2D eigenvalue weighted by atomic mass is 9.92. The summed E-state index contributed by atoms with van der Waals surface area (Å²) in [5, 5.41) is 3.84. The number of carbonyl (C=O) groups is 2. The Labute approximate surface area is 184 Å². The van der Waals surface area contributed by atoms with Crippen LogP contribution in [0.4, 0.5) is 8.78 Å². The molecule has 172 valence electrons. The number of hydrogen-bond donors (Lipinski definition) is 0. The molecular weight excluding hydrogens is 422 g/mol. The second kappa shape index (κ2) is 9.62. The second-order valence-corrected chi connectivity index (χ2v) is 8.27. The summed E-state index contributed by atoms with van der Waals surface area (Å²) in [6.45, 7) is 0.622. The Kier molecular flexibility index (Phi) is 6.66. The molecule has 2 atom stereocenters. The standard InChI is InChI=1S/C22H26F2N4O4/c1-14-25-19(32-26-14)15-6-4-10-27(12-15)20(29)16-7-5-11-28(13-16)21(30)17-8-2-3-9-18(17)31-22(23)24/h2-3,8-9,15-16,22H,4-7,10-13H2,1H3/t15-,16-/m0/s1. The van der Waals surface area contributed by atoms with E-state index < -0.39 is 12.5 Å². The number of para-hydroxylation sites is 1. The lowest BCUT2D eigenvalue weighted by Gasteiger charge is -2.37. The number of piperidine rings is 2. The Morgan fingerprint density at radius 3 is 2.62 bits per heavy atom. The van der Waals surface area contributed by atoms with Crippen molar-refractivity contribution < 1.29 is 27.6 Å². The van der Waals surface area contributed by atoms with Crippen LogP contribution in [0.2, 0.25) is 0 Å². The van der Waals surface area contributed by atoms with Gasteiger partial charge in [-0.2, -0.15) is 13.8 Å². The van der Waals surface area contributed by atoms with E-state index in [1.165, 1.54) is 18.2 Å². The van der Waals surface area contributed by atoms with Gasteiger partial charge in [0.1, 0.15) is 5.75 Å². The molecule has 3 heterocycles. The number of aromatic nitrogens is 2. The van der Waals surface area contributed by atoms with Crippen LogP contribution in [0.25, 0.3) is 0 Å². The van der Waals surface area contributed by atoms with Gasteiger partial charge >= 0.3 is 6.61 Å². The third kappa shape index (κ3) is 4.89. The third-order valence-corrected chi connectivity index (χ3v) is 6.02. The van der Waals surface area contributed by atoms with Crippen molar-refractivity contribution in [3.63, 3.8) is 0 Å². The van der Waals surface area contributed by atoms with Crippen molar-refractivity contribution in [1.82, 2.24) is 19.9 Å². The number of nitrogens with zero attached hydrogens (tertiary/aromatic N) is 4. The maximum atomic E-state index is 13.2. The fourth-order valence-corrected chi connectivity index (χ4v) is 4.49. The van der Waals surface area contributed by atoms with E-state index in [9.17, 15) is 18.4 Å². The summed E-state index contributed by atoms with van der Waals surface area (Å²) in [7, 11) is 0. The summed E-state index contributed by atoms with van der Waals surface area (Å²) >= 11 is 0. The molecule has 0 bridgehead atoms. The predicted molar refractivity (Wildman–Crippen MR) is 109 cm³/mol. The van der Waals surface area contributed by atoms with Gasteiger partial charge in [0.05, 0.1) is 17.4 Å². The number of alkyl halides is 2. The topological polar surface area (TPSA) is 88.8 Å². The molecule has 1 aromatic heterocycles. The highest BCUT2D eigenvalue weighted by Crippen LogP contribution is 2.29. The molecule has 0 radical (unpaired) electrons. The van der Waals surface area contributed by atoms with E-state index in [2.05, 4.69) is 14.9 Å².